The summed E-state index contributed by atoms with van der Waals surface area (Å²) in [5.74, 6) is -0.541. The van der Waals surface area contributed by atoms with Gasteiger partial charge in [0, 0.05) is 23.4 Å². The van der Waals surface area contributed by atoms with Gasteiger partial charge in [0.15, 0.2) is 9.84 Å². The highest BCUT2D eigenvalue weighted by molar-refractivity contribution is 7.89. The van der Waals surface area contributed by atoms with Crippen LogP contribution in [-0.2, 0) is 15.6 Å². The number of hydrogen-bond donors (Lipinski definition) is 1. The van der Waals surface area contributed by atoms with Crippen LogP contribution in [0.5, 0.6) is 0 Å². The molecular formula is C10H10FNO2S. The molecule has 0 saturated heterocycles. The lowest BCUT2D eigenvalue weighted by atomic mass is 10.2. The van der Waals surface area contributed by atoms with E-state index in [1.807, 2.05) is 0 Å². The van der Waals surface area contributed by atoms with Gasteiger partial charge in [-0.25, -0.2) is 12.8 Å². The summed E-state index contributed by atoms with van der Waals surface area (Å²) in [5, 5.41) is 0.364. The third-order valence-corrected chi connectivity index (χ3v) is 2.99. The van der Waals surface area contributed by atoms with Gasteiger partial charge in [-0.3, -0.25) is 0 Å². The van der Waals surface area contributed by atoms with Gasteiger partial charge in [-0.05, 0) is 17.7 Å². The average molecular weight is 227 g/mol. The molecule has 0 saturated carbocycles. The van der Waals surface area contributed by atoms with E-state index in [4.69, 9.17) is 0 Å². The van der Waals surface area contributed by atoms with Crippen LogP contribution in [0.4, 0.5) is 4.39 Å². The maximum Gasteiger partial charge on any atom is 0.151 e. The van der Waals surface area contributed by atoms with E-state index >= 15 is 0 Å². The monoisotopic (exact) mass is 227 g/mol. The van der Waals surface area contributed by atoms with Crippen LogP contribution >= 0.6 is 0 Å². The number of hydrogen-bond acceptors (Lipinski definition) is 2. The molecule has 15 heavy (non-hydrogen) atoms. The molecule has 0 atom stereocenters. The van der Waals surface area contributed by atoms with Gasteiger partial charge >= 0.3 is 0 Å². The first-order valence-electron chi connectivity index (χ1n) is 4.39. The second-order valence-electron chi connectivity index (χ2n) is 3.55. The molecular weight excluding hydrogens is 217 g/mol. The van der Waals surface area contributed by atoms with Crippen LogP contribution in [0.3, 0.4) is 0 Å². The fourth-order valence-corrected chi connectivity index (χ4v) is 2.40. The fourth-order valence-electron chi connectivity index (χ4n) is 1.60. The van der Waals surface area contributed by atoms with Crippen molar-refractivity contribution in [1.82, 2.24) is 4.98 Å². The van der Waals surface area contributed by atoms with E-state index in [9.17, 15) is 12.8 Å². The fraction of sp³-hybridized carbons (Fsp3) is 0.200. The number of H-pyrrole nitrogens is 1. The molecule has 5 heteroatoms. The maximum absolute atomic E-state index is 13.4. The summed E-state index contributed by atoms with van der Waals surface area (Å²) in [6.07, 6.45) is 2.67. The Morgan fingerprint density at radius 3 is 2.80 bits per heavy atom. The Bertz CT molecular complexity index is 601. The van der Waals surface area contributed by atoms with E-state index in [1.54, 1.807) is 12.1 Å². The third-order valence-electron chi connectivity index (χ3n) is 2.15. The molecule has 1 N–H and O–H groups in total. The first-order valence-corrected chi connectivity index (χ1v) is 6.45. The minimum Gasteiger partial charge on any atom is -0.361 e. The van der Waals surface area contributed by atoms with Crippen molar-refractivity contribution < 1.29 is 12.8 Å². The van der Waals surface area contributed by atoms with Gasteiger partial charge in [-0.1, -0.05) is 6.07 Å². The minimum absolute atomic E-state index is 0.145. The largest absolute Gasteiger partial charge is 0.361 e. The summed E-state index contributed by atoms with van der Waals surface area (Å²) in [7, 11) is -3.14. The maximum atomic E-state index is 13.4. The van der Waals surface area contributed by atoms with Crippen LogP contribution in [0, 0.1) is 5.82 Å². The number of halogens is 1. The Balaban J connectivity index is 2.63. The number of aromatic amines is 1. The quantitative estimate of drug-likeness (QED) is 0.851. The van der Waals surface area contributed by atoms with Gasteiger partial charge in [0.1, 0.15) is 5.82 Å². The number of fused-ring (bicyclic) bond motifs is 1. The molecule has 0 aliphatic carbocycles. The molecule has 0 fully saturated rings. The Kier molecular flexibility index (Phi) is 2.26. The number of aromatic nitrogens is 1. The Morgan fingerprint density at radius 2 is 2.13 bits per heavy atom. The van der Waals surface area contributed by atoms with Crippen LogP contribution in [0.1, 0.15) is 5.56 Å². The molecule has 0 aliphatic rings. The van der Waals surface area contributed by atoms with Gasteiger partial charge in [0.2, 0.25) is 0 Å². The first kappa shape index (κ1) is 10.2. The number of benzene rings is 1. The lowest BCUT2D eigenvalue weighted by Crippen LogP contribution is -2.00. The third kappa shape index (κ3) is 2.02. The highest BCUT2D eigenvalue weighted by atomic mass is 32.2. The lowest BCUT2D eigenvalue weighted by molar-refractivity contribution is 0.601. The predicted molar refractivity (Wildman–Crippen MR) is 56.8 cm³/mol. The molecule has 1 heterocycles. The lowest BCUT2D eigenvalue weighted by Gasteiger charge is -1.98. The van der Waals surface area contributed by atoms with E-state index in [0.29, 0.717) is 16.5 Å². The molecule has 80 valence electrons. The second kappa shape index (κ2) is 3.34. The van der Waals surface area contributed by atoms with E-state index in [2.05, 4.69) is 4.98 Å². The van der Waals surface area contributed by atoms with Crippen LogP contribution in [0.25, 0.3) is 10.9 Å². The number of sulfone groups is 1. The standard InChI is InChI=1S/C10H10FNO2S/c1-15(13,14)6-7-5-12-9-4-2-3-8(11)10(7)9/h2-5,12H,6H2,1H3. The van der Waals surface area contributed by atoms with Crippen molar-refractivity contribution in [2.75, 3.05) is 6.26 Å². The topological polar surface area (TPSA) is 49.9 Å². The van der Waals surface area contributed by atoms with Crippen LogP contribution in [-0.4, -0.2) is 19.7 Å². The molecule has 2 rings (SSSR count). The van der Waals surface area contributed by atoms with E-state index in [1.165, 1.54) is 12.3 Å². The van der Waals surface area contributed by atoms with E-state index in [-0.39, 0.29) is 5.75 Å². The highest BCUT2D eigenvalue weighted by Gasteiger charge is 2.12. The minimum atomic E-state index is -3.14. The van der Waals surface area contributed by atoms with Crippen molar-refractivity contribution in [3.05, 3.63) is 35.8 Å². The van der Waals surface area contributed by atoms with E-state index in [0.717, 1.165) is 6.26 Å². The molecule has 0 unspecified atom stereocenters. The Morgan fingerprint density at radius 1 is 1.40 bits per heavy atom. The van der Waals surface area contributed by atoms with Crippen molar-refractivity contribution in [2.45, 2.75) is 5.75 Å². The average Bonchev–Trinajstić information content (AvgIpc) is 2.47. The van der Waals surface area contributed by atoms with Crippen molar-refractivity contribution >= 4 is 20.7 Å². The zero-order chi connectivity index (χ0) is 11.1. The summed E-state index contributed by atoms with van der Waals surface area (Å²) in [4.78, 5) is 2.85. The Labute approximate surface area is 86.8 Å². The molecule has 1 aromatic carbocycles. The van der Waals surface area contributed by atoms with Crippen molar-refractivity contribution in [3.63, 3.8) is 0 Å². The molecule has 0 amide bonds. The van der Waals surface area contributed by atoms with E-state index < -0.39 is 15.7 Å². The molecule has 0 aliphatic heterocycles. The van der Waals surface area contributed by atoms with Crippen molar-refractivity contribution in [3.8, 4) is 0 Å². The molecule has 0 radical (unpaired) electrons. The van der Waals surface area contributed by atoms with Gasteiger partial charge in [-0.2, -0.15) is 0 Å². The van der Waals surface area contributed by atoms with Crippen LogP contribution in [0.15, 0.2) is 24.4 Å². The first-order chi connectivity index (χ1) is 6.97. The van der Waals surface area contributed by atoms with Gasteiger partial charge in [0.05, 0.1) is 5.75 Å². The summed E-state index contributed by atoms with van der Waals surface area (Å²) in [5.41, 5.74) is 1.10. The van der Waals surface area contributed by atoms with Crippen molar-refractivity contribution in [2.24, 2.45) is 0 Å². The van der Waals surface area contributed by atoms with Gasteiger partial charge in [0.25, 0.3) is 0 Å². The van der Waals surface area contributed by atoms with Gasteiger partial charge < -0.3 is 4.98 Å². The molecule has 1 aromatic heterocycles. The predicted octanol–water partition coefficient (Wildman–Crippen LogP) is 1.85. The summed E-state index contributed by atoms with van der Waals surface area (Å²) in [6.45, 7) is 0. The van der Waals surface area contributed by atoms with Gasteiger partial charge in [-0.15, -0.1) is 0 Å². The SMILES string of the molecule is CS(=O)(=O)Cc1c[nH]c2cccc(F)c12. The zero-order valence-corrected chi connectivity index (χ0v) is 8.94. The van der Waals surface area contributed by atoms with Crippen LogP contribution in [0.2, 0.25) is 0 Å². The van der Waals surface area contributed by atoms with Crippen molar-refractivity contribution in [1.29, 1.82) is 0 Å². The molecule has 0 spiro atoms. The zero-order valence-electron chi connectivity index (χ0n) is 8.12. The van der Waals surface area contributed by atoms with Crippen LogP contribution < -0.4 is 0 Å². The smallest absolute Gasteiger partial charge is 0.151 e. The molecule has 0 bridgehead atoms. The second-order valence-corrected chi connectivity index (χ2v) is 5.69. The summed E-state index contributed by atoms with van der Waals surface area (Å²) < 4.78 is 35.7. The highest BCUT2D eigenvalue weighted by Crippen LogP contribution is 2.22. The summed E-state index contributed by atoms with van der Waals surface area (Å²) >= 11 is 0. The number of nitrogens with one attached hydrogen (secondary N) is 1. The number of rotatable bonds is 2. The Hall–Kier alpha value is -1.36. The molecule has 3 nitrogen and oxygen atoms in total. The summed E-state index contributed by atoms with van der Waals surface area (Å²) in [6, 6.07) is 4.62. The molecule has 2 aromatic rings. The normalized spacial score (nSPS) is 12.1.